The average molecular weight is 312 g/mol. The molecule has 1 aromatic heterocycles. The van der Waals surface area contributed by atoms with E-state index in [1.54, 1.807) is 6.92 Å². The number of carbonyl (C=O) groups excluding carboxylic acids is 2. The number of rotatable bonds is 4. The van der Waals surface area contributed by atoms with Crippen LogP contribution in [0.25, 0.3) is 5.69 Å². The Kier molecular flexibility index (Phi) is 4.28. The summed E-state index contributed by atoms with van der Waals surface area (Å²) < 4.78 is 6.82. The molecule has 120 valence electrons. The van der Waals surface area contributed by atoms with Crippen molar-refractivity contribution in [3.63, 3.8) is 0 Å². The second-order valence-corrected chi connectivity index (χ2v) is 5.76. The van der Waals surface area contributed by atoms with Crippen molar-refractivity contribution in [1.82, 2.24) is 9.78 Å². The topological polar surface area (TPSA) is 61.2 Å². The molecule has 0 radical (unpaired) electrons. The first-order valence-electron chi connectivity index (χ1n) is 7.95. The van der Waals surface area contributed by atoms with E-state index in [9.17, 15) is 9.59 Å². The van der Waals surface area contributed by atoms with Crippen LogP contribution in [-0.4, -0.2) is 28.1 Å². The average Bonchev–Trinajstić information content (AvgIpc) is 2.89. The van der Waals surface area contributed by atoms with Crippen LogP contribution in [0.2, 0.25) is 0 Å². The Morgan fingerprint density at radius 3 is 2.78 bits per heavy atom. The Hall–Kier alpha value is -2.43. The summed E-state index contributed by atoms with van der Waals surface area (Å²) in [7, 11) is 0. The van der Waals surface area contributed by atoms with Gasteiger partial charge >= 0.3 is 5.97 Å². The molecule has 0 saturated carbocycles. The van der Waals surface area contributed by atoms with E-state index in [2.05, 4.69) is 5.10 Å². The fraction of sp³-hybridized carbons (Fsp3) is 0.389. The number of hydrogen-bond donors (Lipinski definition) is 0. The van der Waals surface area contributed by atoms with Gasteiger partial charge in [-0.3, -0.25) is 9.59 Å². The van der Waals surface area contributed by atoms with Crippen LogP contribution in [0.4, 0.5) is 0 Å². The fourth-order valence-corrected chi connectivity index (χ4v) is 3.17. The van der Waals surface area contributed by atoms with Crippen LogP contribution in [0.1, 0.15) is 41.5 Å². The van der Waals surface area contributed by atoms with Gasteiger partial charge in [0.05, 0.1) is 35.7 Å². The van der Waals surface area contributed by atoms with E-state index in [0.29, 0.717) is 18.6 Å². The van der Waals surface area contributed by atoms with E-state index in [1.165, 1.54) is 0 Å². The van der Waals surface area contributed by atoms with E-state index in [4.69, 9.17) is 4.74 Å². The van der Waals surface area contributed by atoms with E-state index in [-0.39, 0.29) is 24.1 Å². The zero-order chi connectivity index (χ0) is 16.4. The number of carbonyl (C=O) groups is 2. The first-order chi connectivity index (χ1) is 11.1. The molecule has 3 rings (SSSR count). The minimum absolute atomic E-state index is 0.0129. The van der Waals surface area contributed by atoms with Crippen molar-refractivity contribution < 1.29 is 14.3 Å². The highest BCUT2D eigenvalue weighted by molar-refractivity contribution is 6.02. The van der Waals surface area contributed by atoms with Crippen LogP contribution in [0.15, 0.2) is 30.3 Å². The normalized spacial score (nSPS) is 17.0. The summed E-state index contributed by atoms with van der Waals surface area (Å²) in [5.41, 5.74) is 3.30. The van der Waals surface area contributed by atoms with E-state index in [1.807, 2.05) is 41.9 Å². The number of fused-ring (bicyclic) bond motifs is 1. The van der Waals surface area contributed by atoms with Gasteiger partial charge in [0.25, 0.3) is 0 Å². The van der Waals surface area contributed by atoms with Gasteiger partial charge in [-0.2, -0.15) is 5.10 Å². The quantitative estimate of drug-likeness (QED) is 0.815. The lowest BCUT2D eigenvalue weighted by Gasteiger charge is -2.21. The molecule has 1 unspecified atom stereocenters. The lowest BCUT2D eigenvalue weighted by Crippen LogP contribution is -2.26. The largest absolute Gasteiger partial charge is 0.466 e. The predicted molar refractivity (Wildman–Crippen MR) is 85.7 cm³/mol. The molecular formula is C18H20N2O3. The van der Waals surface area contributed by atoms with Crippen molar-refractivity contribution in [1.29, 1.82) is 0 Å². The zero-order valence-corrected chi connectivity index (χ0v) is 13.4. The minimum Gasteiger partial charge on any atom is -0.466 e. The maximum Gasteiger partial charge on any atom is 0.306 e. The second kappa shape index (κ2) is 6.36. The second-order valence-electron chi connectivity index (χ2n) is 5.76. The third-order valence-electron chi connectivity index (χ3n) is 4.22. The summed E-state index contributed by atoms with van der Waals surface area (Å²) in [6.45, 7) is 3.96. The standard InChI is InChI=1S/C18H20N2O3/c1-3-23-16(21)11-13-9-10-15-17(18(13)22)12(2)19-20(15)14-7-5-4-6-8-14/h4-8,13H,3,9-11H2,1-2H3. The molecule has 1 atom stereocenters. The lowest BCUT2D eigenvalue weighted by atomic mass is 9.83. The van der Waals surface area contributed by atoms with Gasteiger partial charge in [-0.25, -0.2) is 4.68 Å². The highest BCUT2D eigenvalue weighted by atomic mass is 16.5. The number of para-hydroxylation sites is 1. The van der Waals surface area contributed by atoms with Gasteiger partial charge in [0, 0.05) is 5.92 Å². The maximum atomic E-state index is 12.8. The summed E-state index contributed by atoms with van der Waals surface area (Å²) in [5, 5.41) is 4.54. The third-order valence-corrected chi connectivity index (χ3v) is 4.22. The van der Waals surface area contributed by atoms with Crippen molar-refractivity contribution in [3.8, 4) is 5.69 Å². The van der Waals surface area contributed by atoms with Crippen LogP contribution in [0, 0.1) is 12.8 Å². The van der Waals surface area contributed by atoms with Gasteiger partial charge in [-0.05, 0) is 38.8 Å². The first-order valence-corrected chi connectivity index (χ1v) is 7.95. The van der Waals surface area contributed by atoms with Crippen LogP contribution < -0.4 is 0 Å². The highest BCUT2D eigenvalue weighted by Crippen LogP contribution is 2.31. The molecule has 0 aliphatic heterocycles. The molecule has 0 saturated heterocycles. The smallest absolute Gasteiger partial charge is 0.306 e. The monoisotopic (exact) mass is 312 g/mol. The Balaban J connectivity index is 1.91. The Morgan fingerprint density at radius 1 is 1.35 bits per heavy atom. The summed E-state index contributed by atoms with van der Waals surface area (Å²) in [6.07, 6.45) is 1.55. The number of esters is 1. The molecule has 1 aliphatic carbocycles. The molecule has 1 heterocycles. The molecule has 1 aliphatic rings. The van der Waals surface area contributed by atoms with E-state index < -0.39 is 0 Å². The molecule has 23 heavy (non-hydrogen) atoms. The molecular weight excluding hydrogens is 292 g/mol. The number of benzene rings is 1. The van der Waals surface area contributed by atoms with Gasteiger partial charge in [-0.1, -0.05) is 18.2 Å². The number of nitrogens with zero attached hydrogens (tertiary/aromatic N) is 2. The van der Waals surface area contributed by atoms with Crippen molar-refractivity contribution >= 4 is 11.8 Å². The Labute approximate surface area is 135 Å². The molecule has 0 spiro atoms. The summed E-state index contributed by atoms with van der Waals surface area (Å²) in [4.78, 5) is 24.4. The van der Waals surface area contributed by atoms with E-state index >= 15 is 0 Å². The predicted octanol–water partition coefficient (Wildman–Crippen LogP) is 2.88. The van der Waals surface area contributed by atoms with Crippen LogP contribution in [-0.2, 0) is 16.0 Å². The van der Waals surface area contributed by atoms with Crippen LogP contribution >= 0.6 is 0 Å². The van der Waals surface area contributed by atoms with Gasteiger partial charge in [0.2, 0.25) is 0 Å². The zero-order valence-electron chi connectivity index (χ0n) is 13.4. The van der Waals surface area contributed by atoms with Gasteiger partial charge < -0.3 is 4.74 Å². The lowest BCUT2D eigenvalue weighted by molar-refractivity contribution is -0.144. The summed E-state index contributed by atoms with van der Waals surface area (Å²) >= 11 is 0. The molecule has 5 heteroatoms. The fourth-order valence-electron chi connectivity index (χ4n) is 3.17. The van der Waals surface area contributed by atoms with Crippen LogP contribution in [0.3, 0.4) is 0 Å². The van der Waals surface area contributed by atoms with Gasteiger partial charge in [0.15, 0.2) is 5.78 Å². The number of Topliss-reactive ketones (excluding diaryl/α,β-unsaturated/α-hetero) is 1. The molecule has 2 aromatic rings. The number of ether oxygens (including phenoxy) is 1. The number of aromatic nitrogens is 2. The Morgan fingerprint density at radius 2 is 2.09 bits per heavy atom. The number of hydrogen-bond acceptors (Lipinski definition) is 4. The van der Waals surface area contributed by atoms with Gasteiger partial charge in [0.1, 0.15) is 0 Å². The molecule has 1 aromatic carbocycles. The SMILES string of the molecule is CCOC(=O)CC1CCc2c(c(C)nn2-c2ccccc2)C1=O. The maximum absolute atomic E-state index is 12.8. The van der Waals surface area contributed by atoms with E-state index in [0.717, 1.165) is 23.5 Å². The van der Waals surface area contributed by atoms with Gasteiger partial charge in [-0.15, -0.1) is 0 Å². The molecule has 0 N–H and O–H groups in total. The summed E-state index contributed by atoms with van der Waals surface area (Å²) in [5.74, 6) is -0.588. The summed E-state index contributed by atoms with van der Waals surface area (Å²) in [6, 6.07) is 9.80. The van der Waals surface area contributed by atoms with Crippen molar-refractivity contribution in [2.75, 3.05) is 6.61 Å². The molecule has 0 fully saturated rings. The molecule has 0 amide bonds. The van der Waals surface area contributed by atoms with Crippen molar-refractivity contribution in [3.05, 3.63) is 47.3 Å². The Bertz CT molecular complexity index is 734. The van der Waals surface area contributed by atoms with Crippen LogP contribution in [0.5, 0.6) is 0 Å². The molecule has 5 nitrogen and oxygen atoms in total. The first kappa shape index (κ1) is 15.5. The molecule has 0 bridgehead atoms. The third kappa shape index (κ3) is 2.91. The van der Waals surface area contributed by atoms with Crippen molar-refractivity contribution in [2.45, 2.75) is 33.1 Å². The number of aryl methyl sites for hydroxylation is 1. The van der Waals surface area contributed by atoms with Crippen molar-refractivity contribution in [2.24, 2.45) is 5.92 Å². The minimum atomic E-state index is -0.303. The number of ketones is 1. The highest BCUT2D eigenvalue weighted by Gasteiger charge is 2.34.